The standard InChI is InChI=1S/C22H23FN2O4/c1-2-9-25(10-8-15-14-28-19-7-6-16(23)13-17(15)19)11-12-27-20-5-3-4-18-21(20)29-22(26)24-18/h3-7,13-14H,2,8-12H2,1H3,(H,24,26). The number of hydrogen-bond acceptors (Lipinski definition) is 5. The molecule has 0 unspecified atom stereocenters. The summed E-state index contributed by atoms with van der Waals surface area (Å²) in [5.41, 5.74) is 2.76. The average molecular weight is 398 g/mol. The van der Waals surface area contributed by atoms with Gasteiger partial charge in [0.1, 0.15) is 18.0 Å². The first kappa shape index (κ1) is 19.3. The first-order valence-corrected chi connectivity index (χ1v) is 9.76. The van der Waals surface area contributed by atoms with Gasteiger partial charge in [0.15, 0.2) is 11.3 Å². The van der Waals surface area contributed by atoms with E-state index in [0.717, 1.165) is 43.4 Å². The molecule has 0 aliphatic heterocycles. The highest BCUT2D eigenvalue weighted by Gasteiger charge is 2.12. The molecule has 0 fully saturated rings. The predicted molar refractivity (Wildman–Crippen MR) is 109 cm³/mol. The molecule has 0 bridgehead atoms. The highest BCUT2D eigenvalue weighted by molar-refractivity contribution is 5.81. The van der Waals surface area contributed by atoms with Gasteiger partial charge in [-0.2, -0.15) is 0 Å². The van der Waals surface area contributed by atoms with Crippen LogP contribution in [0.15, 0.2) is 56.3 Å². The van der Waals surface area contributed by atoms with Crippen molar-refractivity contribution in [2.45, 2.75) is 19.8 Å². The first-order valence-electron chi connectivity index (χ1n) is 9.76. The number of nitrogens with zero attached hydrogens (tertiary/aromatic N) is 1. The Bertz CT molecular complexity index is 1160. The maximum atomic E-state index is 13.6. The largest absolute Gasteiger partial charge is 0.488 e. The molecule has 0 aliphatic carbocycles. The van der Waals surface area contributed by atoms with Crippen LogP contribution in [0.2, 0.25) is 0 Å². The summed E-state index contributed by atoms with van der Waals surface area (Å²) >= 11 is 0. The third-order valence-corrected chi connectivity index (χ3v) is 4.93. The number of halogens is 1. The van der Waals surface area contributed by atoms with Gasteiger partial charge in [-0.05, 0) is 55.3 Å². The Morgan fingerprint density at radius 1 is 1.17 bits per heavy atom. The highest BCUT2D eigenvalue weighted by atomic mass is 19.1. The Labute approximate surface area is 166 Å². The van der Waals surface area contributed by atoms with Crippen LogP contribution in [0.4, 0.5) is 4.39 Å². The normalized spacial score (nSPS) is 11.7. The molecule has 2 aromatic heterocycles. The Hall–Kier alpha value is -3.06. The molecule has 0 saturated heterocycles. The van der Waals surface area contributed by atoms with E-state index in [0.29, 0.717) is 29.0 Å². The van der Waals surface area contributed by atoms with Gasteiger partial charge in [-0.15, -0.1) is 0 Å². The van der Waals surface area contributed by atoms with E-state index in [-0.39, 0.29) is 5.82 Å². The molecule has 152 valence electrons. The molecule has 1 N–H and O–H groups in total. The summed E-state index contributed by atoms with van der Waals surface area (Å²) in [5, 5.41) is 0.826. The van der Waals surface area contributed by atoms with Crippen molar-refractivity contribution in [3.8, 4) is 5.75 Å². The molecule has 29 heavy (non-hydrogen) atoms. The minimum Gasteiger partial charge on any atom is -0.488 e. The SMILES string of the molecule is CCCN(CCOc1cccc2[nH]c(=O)oc12)CCc1coc2ccc(F)cc12. The molecule has 4 aromatic rings. The summed E-state index contributed by atoms with van der Waals surface area (Å²) < 4.78 is 30.1. The third kappa shape index (κ3) is 4.35. The quantitative estimate of drug-likeness (QED) is 0.454. The molecule has 2 aromatic carbocycles. The Kier molecular flexibility index (Phi) is 5.67. The molecule has 2 heterocycles. The van der Waals surface area contributed by atoms with E-state index in [1.807, 2.05) is 6.07 Å². The number of H-pyrrole nitrogens is 1. The number of oxazole rings is 1. The number of rotatable bonds is 9. The van der Waals surface area contributed by atoms with Crippen LogP contribution < -0.4 is 10.5 Å². The zero-order valence-corrected chi connectivity index (χ0v) is 16.2. The highest BCUT2D eigenvalue weighted by Crippen LogP contribution is 2.24. The van der Waals surface area contributed by atoms with Crippen LogP contribution in [0.3, 0.4) is 0 Å². The second-order valence-electron chi connectivity index (χ2n) is 6.99. The maximum absolute atomic E-state index is 13.6. The minimum atomic E-state index is -0.493. The zero-order valence-electron chi connectivity index (χ0n) is 16.2. The van der Waals surface area contributed by atoms with Crippen molar-refractivity contribution < 1.29 is 18.0 Å². The number of para-hydroxylation sites is 1. The summed E-state index contributed by atoms with van der Waals surface area (Å²) in [7, 11) is 0. The van der Waals surface area contributed by atoms with E-state index in [2.05, 4.69) is 16.8 Å². The summed E-state index contributed by atoms with van der Waals surface area (Å²) in [5.74, 6) is -0.203. The molecular formula is C22H23FN2O4. The summed E-state index contributed by atoms with van der Waals surface area (Å²) in [6, 6.07) is 9.96. The number of aromatic nitrogens is 1. The number of hydrogen-bond donors (Lipinski definition) is 1. The van der Waals surface area contributed by atoms with E-state index in [9.17, 15) is 9.18 Å². The molecular weight excluding hydrogens is 375 g/mol. The monoisotopic (exact) mass is 398 g/mol. The number of ether oxygens (including phenoxy) is 1. The van der Waals surface area contributed by atoms with E-state index < -0.39 is 5.76 Å². The maximum Gasteiger partial charge on any atom is 0.417 e. The Morgan fingerprint density at radius 2 is 2.07 bits per heavy atom. The van der Waals surface area contributed by atoms with E-state index in [4.69, 9.17) is 13.6 Å². The number of fused-ring (bicyclic) bond motifs is 2. The average Bonchev–Trinajstić information content (AvgIpc) is 3.28. The van der Waals surface area contributed by atoms with Crippen molar-refractivity contribution in [3.63, 3.8) is 0 Å². The summed E-state index contributed by atoms with van der Waals surface area (Å²) in [6.45, 7) is 5.06. The lowest BCUT2D eigenvalue weighted by atomic mass is 10.1. The Morgan fingerprint density at radius 3 is 2.93 bits per heavy atom. The van der Waals surface area contributed by atoms with Crippen LogP contribution in [-0.4, -0.2) is 36.1 Å². The molecule has 7 heteroatoms. The number of aromatic amines is 1. The van der Waals surface area contributed by atoms with Crippen LogP contribution in [0.1, 0.15) is 18.9 Å². The lowest BCUT2D eigenvalue weighted by Gasteiger charge is -2.21. The fourth-order valence-corrected chi connectivity index (χ4v) is 3.52. The molecule has 4 rings (SSSR count). The molecule has 0 aliphatic rings. The lowest BCUT2D eigenvalue weighted by molar-refractivity contribution is 0.210. The van der Waals surface area contributed by atoms with Crippen LogP contribution in [0, 0.1) is 5.82 Å². The van der Waals surface area contributed by atoms with Gasteiger partial charge in [0.2, 0.25) is 0 Å². The van der Waals surface area contributed by atoms with Crippen LogP contribution >= 0.6 is 0 Å². The fourth-order valence-electron chi connectivity index (χ4n) is 3.52. The molecule has 0 saturated carbocycles. The van der Waals surface area contributed by atoms with Crippen LogP contribution in [-0.2, 0) is 6.42 Å². The second kappa shape index (κ2) is 8.53. The van der Waals surface area contributed by atoms with E-state index >= 15 is 0 Å². The van der Waals surface area contributed by atoms with Crippen molar-refractivity contribution in [1.29, 1.82) is 0 Å². The Balaban J connectivity index is 1.37. The van der Waals surface area contributed by atoms with Crippen molar-refractivity contribution in [2.24, 2.45) is 0 Å². The van der Waals surface area contributed by atoms with Crippen molar-refractivity contribution >= 4 is 22.1 Å². The first-order chi connectivity index (χ1) is 14.1. The van der Waals surface area contributed by atoms with Crippen molar-refractivity contribution in [1.82, 2.24) is 9.88 Å². The van der Waals surface area contributed by atoms with E-state index in [1.165, 1.54) is 12.1 Å². The molecule has 0 spiro atoms. The van der Waals surface area contributed by atoms with Crippen LogP contribution in [0.5, 0.6) is 5.75 Å². The molecule has 0 amide bonds. The minimum absolute atomic E-state index is 0.260. The summed E-state index contributed by atoms with van der Waals surface area (Å²) in [6.07, 6.45) is 3.49. The van der Waals surface area contributed by atoms with Crippen molar-refractivity contribution in [3.05, 3.63) is 64.6 Å². The molecule has 6 nitrogen and oxygen atoms in total. The third-order valence-electron chi connectivity index (χ3n) is 4.93. The molecule has 0 radical (unpaired) electrons. The van der Waals surface area contributed by atoms with Gasteiger partial charge < -0.3 is 13.6 Å². The lowest BCUT2D eigenvalue weighted by Crippen LogP contribution is -2.31. The van der Waals surface area contributed by atoms with Gasteiger partial charge in [0, 0.05) is 18.5 Å². The van der Waals surface area contributed by atoms with Crippen molar-refractivity contribution in [2.75, 3.05) is 26.2 Å². The number of furan rings is 1. The van der Waals surface area contributed by atoms with E-state index in [1.54, 1.807) is 24.5 Å². The van der Waals surface area contributed by atoms with Gasteiger partial charge in [0.05, 0.1) is 11.8 Å². The second-order valence-corrected chi connectivity index (χ2v) is 6.99. The van der Waals surface area contributed by atoms with Gasteiger partial charge in [-0.25, -0.2) is 9.18 Å². The topological polar surface area (TPSA) is 71.6 Å². The van der Waals surface area contributed by atoms with Gasteiger partial charge in [-0.1, -0.05) is 13.0 Å². The fraction of sp³-hybridized carbons (Fsp3) is 0.318. The van der Waals surface area contributed by atoms with Gasteiger partial charge in [0.25, 0.3) is 0 Å². The smallest absolute Gasteiger partial charge is 0.417 e. The number of nitrogens with one attached hydrogen (secondary N) is 1. The number of benzene rings is 2. The van der Waals surface area contributed by atoms with Gasteiger partial charge >= 0.3 is 5.76 Å². The summed E-state index contributed by atoms with van der Waals surface area (Å²) in [4.78, 5) is 16.3. The van der Waals surface area contributed by atoms with Crippen LogP contribution in [0.25, 0.3) is 22.1 Å². The molecule has 0 atom stereocenters. The zero-order chi connectivity index (χ0) is 20.2. The predicted octanol–water partition coefficient (Wildman–Crippen LogP) is 4.34. The van der Waals surface area contributed by atoms with Gasteiger partial charge in [-0.3, -0.25) is 9.88 Å².